The second-order valence-electron chi connectivity index (χ2n) is 6.87. The topological polar surface area (TPSA) is 41.6 Å². The van der Waals surface area contributed by atoms with Crippen LogP contribution >= 0.6 is 0 Å². The molecular weight excluding hydrogens is 252 g/mol. The maximum Gasteiger partial charge on any atom is 0.306 e. The second kappa shape index (κ2) is 7.41. The van der Waals surface area contributed by atoms with E-state index >= 15 is 0 Å². The minimum Gasteiger partial charge on any atom is -0.469 e. The molecule has 2 fully saturated rings. The normalized spacial score (nSPS) is 27.8. The van der Waals surface area contributed by atoms with Crippen LogP contribution in [0, 0.1) is 17.8 Å². The highest BCUT2D eigenvalue weighted by Crippen LogP contribution is 2.29. The van der Waals surface area contributed by atoms with Crippen molar-refractivity contribution in [1.82, 2.24) is 10.2 Å². The summed E-state index contributed by atoms with van der Waals surface area (Å²) in [5.41, 5.74) is 0. The number of esters is 1. The van der Waals surface area contributed by atoms with Gasteiger partial charge in [-0.25, -0.2) is 0 Å². The Labute approximate surface area is 123 Å². The molecule has 1 N–H and O–H groups in total. The summed E-state index contributed by atoms with van der Waals surface area (Å²) in [6, 6.07) is 0.592. The fourth-order valence-electron chi connectivity index (χ4n) is 3.05. The molecule has 0 aromatic heterocycles. The number of likely N-dealkylation sites (tertiary alicyclic amines) is 1. The summed E-state index contributed by atoms with van der Waals surface area (Å²) in [6.07, 6.45) is 4.59. The Balaban J connectivity index is 1.80. The molecule has 0 bridgehead atoms. The molecule has 1 saturated heterocycles. The van der Waals surface area contributed by atoms with Gasteiger partial charge in [0, 0.05) is 25.7 Å². The average Bonchev–Trinajstić information content (AvgIpc) is 3.26. The highest BCUT2D eigenvalue weighted by atomic mass is 16.5. The predicted molar refractivity (Wildman–Crippen MR) is 80.5 cm³/mol. The number of nitrogens with one attached hydrogen (secondary N) is 1. The van der Waals surface area contributed by atoms with Crippen molar-refractivity contribution in [3.05, 3.63) is 0 Å². The molecule has 0 aromatic rings. The molecule has 2 unspecified atom stereocenters. The van der Waals surface area contributed by atoms with Crippen molar-refractivity contribution in [3.8, 4) is 0 Å². The van der Waals surface area contributed by atoms with E-state index in [4.69, 9.17) is 4.74 Å². The van der Waals surface area contributed by atoms with Gasteiger partial charge in [-0.05, 0) is 43.6 Å². The predicted octanol–water partition coefficient (Wildman–Crippen LogP) is 1.90. The van der Waals surface area contributed by atoms with Crippen molar-refractivity contribution < 1.29 is 9.53 Å². The Hall–Kier alpha value is -0.610. The minimum atomic E-state index is -0.0980. The van der Waals surface area contributed by atoms with E-state index in [1.807, 2.05) is 0 Å². The molecule has 0 spiro atoms. The molecule has 0 amide bonds. The monoisotopic (exact) mass is 282 g/mol. The lowest BCUT2D eigenvalue weighted by Gasteiger charge is -2.40. The maximum absolute atomic E-state index is 11.3. The zero-order chi connectivity index (χ0) is 14.5. The van der Waals surface area contributed by atoms with Crippen LogP contribution in [0.4, 0.5) is 0 Å². The van der Waals surface area contributed by atoms with Crippen molar-refractivity contribution in [2.45, 2.75) is 45.6 Å². The Morgan fingerprint density at radius 2 is 2.10 bits per heavy atom. The number of methoxy groups -OCH3 is 1. The van der Waals surface area contributed by atoms with Gasteiger partial charge in [0.25, 0.3) is 0 Å². The summed E-state index contributed by atoms with van der Waals surface area (Å²) in [5.74, 6) is 2.27. The van der Waals surface area contributed by atoms with Crippen molar-refractivity contribution >= 4 is 5.97 Å². The van der Waals surface area contributed by atoms with Crippen LogP contribution in [0.2, 0.25) is 0 Å². The quantitative estimate of drug-likeness (QED) is 0.724. The van der Waals surface area contributed by atoms with Crippen LogP contribution in [0.1, 0.15) is 39.5 Å². The first-order chi connectivity index (χ1) is 9.58. The molecule has 2 aliphatic rings. The van der Waals surface area contributed by atoms with E-state index < -0.39 is 0 Å². The highest BCUT2D eigenvalue weighted by molar-refractivity contribution is 5.69. The van der Waals surface area contributed by atoms with Crippen LogP contribution in [-0.2, 0) is 9.53 Å². The molecule has 116 valence electrons. The molecular formula is C16H30N2O2. The van der Waals surface area contributed by atoms with E-state index in [-0.39, 0.29) is 5.97 Å². The second-order valence-corrected chi connectivity index (χ2v) is 6.87. The van der Waals surface area contributed by atoms with E-state index in [2.05, 4.69) is 24.1 Å². The minimum absolute atomic E-state index is 0.0980. The number of hydrogen-bond donors (Lipinski definition) is 1. The molecule has 2 atom stereocenters. The van der Waals surface area contributed by atoms with E-state index in [0.29, 0.717) is 18.4 Å². The van der Waals surface area contributed by atoms with Gasteiger partial charge in [0.2, 0.25) is 0 Å². The highest BCUT2D eigenvalue weighted by Gasteiger charge is 2.30. The summed E-state index contributed by atoms with van der Waals surface area (Å²) >= 11 is 0. The average molecular weight is 282 g/mol. The van der Waals surface area contributed by atoms with Crippen LogP contribution < -0.4 is 5.32 Å². The number of carbonyl (C=O) groups is 1. The Kier molecular flexibility index (Phi) is 5.85. The van der Waals surface area contributed by atoms with Crippen molar-refractivity contribution in [2.75, 3.05) is 33.3 Å². The number of nitrogens with zero attached hydrogens (tertiary/aromatic N) is 1. The molecule has 20 heavy (non-hydrogen) atoms. The SMILES string of the molecule is COC(=O)CCN1CC(NCC2CC2)CC(C(C)C)C1. The third kappa shape index (κ3) is 5.06. The fourth-order valence-corrected chi connectivity index (χ4v) is 3.05. The Morgan fingerprint density at radius 3 is 2.70 bits per heavy atom. The fraction of sp³-hybridized carbons (Fsp3) is 0.938. The molecule has 0 radical (unpaired) electrons. The first kappa shape index (κ1) is 15.8. The summed E-state index contributed by atoms with van der Waals surface area (Å²) in [5, 5.41) is 3.74. The van der Waals surface area contributed by atoms with Gasteiger partial charge in [0.15, 0.2) is 0 Å². The van der Waals surface area contributed by atoms with Crippen molar-refractivity contribution in [2.24, 2.45) is 17.8 Å². The van der Waals surface area contributed by atoms with Crippen LogP contribution in [0.25, 0.3) is 0 Å². The summed E-state index contributed by atoms with van der Waals surface area (Å²) < 4.78 is 4.75. The van der Waals surface area contributed by atoms with Gasteiger partial charge in [0.05, 0.1) is 13.5 Å². The number of hydrogen-bond acceptors (Lipinski definition) is 4. The molecule has 1 aliphatic carbocycles. The molecule has 2 rings (SSSR count). The summed E-state index contributed by atoms with van der Waals surface area (Å²) in [4.78, 5) is 13.8. The first-order valence-electron chi connectivity index (χ1n) is 8.11. The zero-order valence-corrected chi connectivity index (χ0v) is 13.2. The smallest absolute Gasteiger partial charge is 0.306 e. The molecule has 4 heteroatoms. The number of piperidine rings is 1. The van der Waals surface area contributed by atoms with E-state index in [1.165, 1.54) is 32.9 Å². The van der Waals surface area contributed by atoms with Crippen molar-refractivity contribution in [3.63, 3.8) is 0 Å². The van der Waals surface area contributed by atoms with Gasteiger partial charge in [-0.1, -0.05) is 13.8 Å². The third-order valence-electron chi connectivity index (χ3n) is 4.75. The lowest BCUT2D eigenvalue weighted by Crippen LogP contribution is -2.51. The van der Waals surface area contributed by atoms with Gasteiger partial charge in [-0.15, -0.1) is 0 Å². The maximum atomic E-state index is 11.3. The van der Waals surface area contributed by atoms with Crippen molar-refractivity contribution in [1.29, 1.82) is 0 Å². The van der Waals surface area contributed by atoms with Gasteiger partial charge >= 0.3 is 5.97 Å². The van der Waals surface area contributed by atoms with Crippen LogP contribution in [0.3, 0.4) is 0 Å². The van der Waals surface area contributed by atoms with E-state index in [9.17, 15) is 4.79 Å². The van der Waals surface area contributed by atoms with Crippen LogP contribution in [0.15, 0.2) is 0 Å². The van der Waals surface area contributed by atoms with Crippen LogP contribution in [-0.4, -0.2) is 50.2 Å². The lowest BCUT2D eigenvalue weighted by molar-refractivity contribution is -0.141. The lowest BCUT2D eigenvalue weighted by atomic mass is 9.85. The summed E-state index contributed by atoms with van der Waals surface area (Å²) in [6.45, 7) is 8.83. The first-order valence-corrected chi connectivity index (χ1v) is 8.11. The van der Waals surface area contributed by atoms with Gasteiger partial charge in [-0.3, -0.25) is 4.79 Å². The van der Waals surface area contributed by atoms with E-state index in [0.717, 1.165) is 31.5 Å². The molecule has 1 aliphatic heterocycles. The van der Waals surface area contributed by atoms with E-state index in [1.54, 1.807) is 0 Å². The van der Waals surface area contributed by atoms with Gasteiger partial charge in [0.1, 0.15) is 0 Å². The molecule has 0 aromatic carbocycles. The summed E-state index contributed by atoms with van der Waals surface area (Å²) in [7, 11) is 1.47. The number of carbonyl (C=O) groups excluding carboxylic acids is 1. The van der Waals surface area contributed by atoms with Crippen LogP contribution in [0.5, 0.6) is 0 Å². The zero-order valence-electron chi connectivity index (χ0n) is 13.2. The Bertz CT molecular complexity index is 316. The number of ether oxygens (including phenoxy) is 1. The standard InChI is InChI=1S/C16H30N2O2/c1-12(2)14-8-15(17-9-13-4-5-13)11-18(10-14)7-6-16(19)20-3/h12-15,17H,4-11H2,1-3H3. The Morgan fingerprint density at radius 1 is 1.35 bits per heavy atom. The van der Waals surface area contributed by atoms with Gasteiger partial charge < -0.3 is 15.0 Å². The third-order valence-corrected chi connectivity index (χ3v) is 4.75. The molecule has 4 nitrogen and oxygen atoms in total. The van der Waals surface area contributed by atoms with Gasteiger partial charge in [-0.2, -0.15) is 0 Å². The largest absolute Gasteiger partial charge is 0.469 e. The molecule has 1 heterocycles. The number of rotatable bonds is 7. The molecule has 1 saturated carbocycles.